The first-order chi connectivity index (χ1) is 23.8. The van der Waals surface area contributed by atoms with Crippen LogP contribution in [-0.4, -0.2) is 24.9 Å². The maximum absolute atomic E-state index is 5.17. The first-order valence-corrected chi connectivity index (χ1v) is 15.8. The molecule has 226 valence electrons. The van der Waals surface area contributed by atoms with Crippen molar-refractivity contribution in [2.24, 2.45) is 0 Å². The second kappa shape index (κ2) is 13.0. The molecule has 5 nitrogen and oxygen atoms in total. The zero-order valence-electron chi connectivity index (χ0n) is 26.0. The van der Waals surface area contributed by atoms with E-state index in [-0.39, 0.29) is 0 Å². The average Bonchev–Trinajstić information content (AvgIpc) is 3.19. The zero-order valence-corrected chi connectivity index (χ0v) is 26.0. The van der Waals surface area contributed by atoms with Crippen LogP contribution in [0.15, 0.2) is 176 Å². The van der Waals surface area contributed by atoms with Crippen LogP contribution < -0.4 is 0 Å². The van der Waals surface area contributed by atoms with Crippen molar-refractivity contribution in [3.63, 3.8) is 0 Å². The van der Waals surface area contributed by atoms with Gasteiger partial charge in [0.1, 0.15) is 6.33 Å². The molecule has 5 aromatic carbocycles. The van der Waals surface area contributed by atoms with E-state index in [9.17, 15) is 0 Å². The van der Waals surface area contributed by atoms with E-state index in [1.165, 1.54) is 0 Å². The Labute approximate surface area is 279 Å². The number of hydrogen-bond donors (Lipinski definition) is 0. The molecule has 0 aliphatic rings. The minimum absolute atomic E-state index is 0.587. The Balaban J connectivity index is 1.33. The summed E-state index contributed by atoms with van der Waals surface area (Å²) >= 11 is 0. The Morgan fingerprint density at radius 2 is 0.708 bits per heavy atom. The zero-order chi connectivity index (χ0) is 32.1. The predicted octanol–water partition coefficient (Wildman–Crippen LogP) is 10.3. The van der Waals surface area contributed by atoms with Gasteiger partial charge in [-0.3, -0.25) is 4.98 Å². The fourth-order valence-corrected chi connectivity index (χ4v) is 5.83. The van der Waals surface area contributed by atoms with Gasteiger partial charge in [-0.05, 0) is 75.8 Å². The molecule has 0 unspecified atom stereocenters. The number of rotatable bonds is 7. The summed E-state index contributed by atoms with van der Waals surface area (Å²) in [6, 6.07) is 55.8. The van der Waals surface area contributed by atoms with Crippen LogP contribution in [0, 0.1) is 0 Å². The molecule has 48 heavy (non-hydrogen) atoms. The van der Waals surface area contributed by atoms with Gasteiger partial charge in [-0.25, -0.2) is 19.9 Å². The van der Waals surface area contributed by atoms with Gasteiger partial charge in [0.2, 0.25) is 0 Å². The fourth-order valence-electron chi connectivity index (χ4n) is 5.83. The summed E-state index contributed by atoms with van der Waals surface area (Å²) in [5.74, 6) is 0.587. The van der Waals surface area contributed by atoms with Crippen molar-refractivity contribution < 1.29 is 0 Å². The summed E-state index contributed by atoms with van der Waals surface area (Å²) in [7, 11) is 0. The van der Waals surface area contributed by atoms with E-state index < -0.39 is 0 Å². The second-order valence-corrected chi connectivity index (χ2v) is 11.4. The van der Waals surface area contributed by atoms with Gasteiger partial charge in [0, 0.05) is 17.3 Å². The highest BCUT2D eigenvalue weighted by molar-refractivity contribution is 5.81. The molecule has 3 heterocycles. The summed E-state index contributed by atoms with van der Waals surface area (Å²) in [6.07, 6.45) is 3.43. The molecule has 0 amide bonds. The second-order valence-electron chi connectivity index (χ2n) is 11.4. The SMILES string of the molecule is c1ccc(-c2cc(-c3ccccc3)cc(-c3nc(-c4cc(-c5ccccc5)ccn4)cc(-c4cc(-c5ccccc5)ncn4)n3)c2)cc1. The average molecular weight is 616 g/mol. The lowest BCUT2D eigenvalue weighted by molar-refractivity contribution is 1.12. The van der Waals surface area contributed by atoms with E-state index in [2.05, 4.69) is 94.9 Å². The third-order valence-electron chi connectivity index (χ3n) is 8.26. The molecule has 0 saturated carbocycles. The van der Waals surface area contributed by atoms with E-state index in [1.807, 2.05) is 85.1 Å². The highest BCUT2D eigenvalue weighted by Crippen LogP contribution is 2.34. The number of pyridine rings is 1. The summed E-state index contributed by atoms with van der Waals surface area (Å²) in [5.41, 5.74) is 12.2. The van der Waals surface area contributed by atoms with Crippen LogP contribution in [0.25, 0.3) is 78.8 Å². The van der Waals surface area contributed by atoms with Gasteiger partial charge in [0.25, 0.3) is 0 Å². The van der Waals surface area contributed by atoms with Crippen molar-refractivity contribution in [1.29, 1.82) is 0 Å². The molecule has 0 saturated heterocycles. The molecule has 3 aromatic heterocycles. The van der Waals surface area contributed by atoms with Crippen LogP contribution in [-0.2, 0) is 0 Å². The van der Waals surface area contributed by atoms with Gasteiger partial charge in [-0.15, -0.1) is 0 Å². The molecule has 0 atom stereocenters. The van der Waals surface area contributed by atoms with E-state index in [4.69, 9.17) is 15.0 Å². The Morgan fingerprint density at radius 3 is 1.27 bits per heavy atom. The van der Waals surface area contributed by atoms with Crippen LogP contribution in [0.3, 0.4) is 0 Å². The van der Waals surface area contributed by atoms with Crippen LogP contribution in [0.2, 0.25) is 0 Å². The Morgan fingerprint density at radius 1 is 0.271 bits per heavy atom. The van der Waals surface area contributed by atoms with E-state index in [0.29, 0.717) is 22.9 Å². The third-order valence-corrected chi connectivity index (χ3v) is 8.26. The maximum atomic E-state index is 5.17. The Hall–Kier alpha value is -6.59. The lowest BCUT2D eigenvalue weighted by Crippen LogP contribution is -1.99. The molecular formula is C43H29N5. The van der Waals surface area contributed by atoms with Gasteiger partial charge in [0.05, 0.1) is 28.5 Å². The lowest BCUT2D eigenvalue weighted by Gasteiger charge is -2.13. The Bertz CT molecular complexity index is 2170. The van der Waals surface area contributed by atoms with Gasteiger partial charge in [-0.1, -0.05) is 121 Å². The van der Waals surface area contributed by atoms with Gasteiger partial charge < -0.3 is 0 Å². The lowest BCUT2D eigenvalue weighted by atomic mass is 9.95. The third kappa shape index (κ3) is 6.13. The molecule has 0 aliphatic carbocycles. The summed E-state index contributed by atoms with van der Waals surface area (Å²) in [5, 5.41) is 0. The molecule has 0 bridgehead atoms. The first kappa shape index (κ1) is 28.9. The van der Waals surface area contributed by atoms with E-state index in [1.54, 1.807) is 6.33 Å². The van der Waals surface area contributed by atoms with E-state index in [0.717, 1.165) is 55.9 Å². The number of benzene rings is 5. The summed E-state index contributed by atoms with van der Waals surface area (Å²) < 4.78 is 0. The highest BCUT2D eigenvalue weighted by atomic mass is 14.9. The summed E-state index contributed by atoms with van der Waals surface area (Å²) in [6.45, 7) is 0. The van der Waals surface area contributed by atoms with Gasteiger partial charge >= 0.3 is 0 Å². The molecule has 0 spiro atoms. The molecule has 0 radical (unpaired) electrons. The molecule has 0 aliphatic heterocycles. The molecule has 0 N–H and O–H groups in total. The van der Waals surface area contributed by atoms with Crippen LogP contribution in [0.4, 0.5) is 0 Å². The molecule has 5 heteroatoms. The monoisotopic (exact) mass is 615 g/mol. The van der Waals surface area contributed by atoms with Crippen molar-refractivity contribution >= 4 is 0 Å². The fraction of sp³-hybridized carbons (Fsp3) is 0. The summed E-state index contributed by atoms with van der Waals surface area (Å²) in [4.78, 5) is 24.3. The highest BCUT2D eigenvalue weighted by Gasteiger charge is 2.16. The molecule has 8 aromatic rings. The molecule has 0 fully saturated rings. The van der Waals surface area contributed by atoms with Crippen LogP contribution in [0.1, 0.15) is 0 Å². The van der Waals surface area contributed by atoms with Crippen molar-refractivity contribution in [1.82, 2.24) is 24.9 Å². The Kier molecular flexibility index (Phi) is 7.83. The number of nitrogens with zero attached hydrogens (tertiary/aromatic N) is 5. The first-order valence-electron chi connectivity index (χ1n) is 15.8. The van der Waals surface area contributed by atoms with Crippen LogP contribution in [0.5, 0.6) is 0 Å². The standard InChI is InChI=1S/C43H29N5/c1-5-13-30(14-6-1)34-21-22-44-39(26-34)41-28-42(40-27-38(45-29-46-40)33-19-11-4-12-20-33)48-43(47-41)37-24-35(31-15-7-2-8-16-31)23-36(25-37)32-17-9-3-10-18-32/h1-29H. The largest absolute Gasteiger partial charge is 0.255 e. The maximum Gasteiger partial charge on any atom is 0.160 e. The van der Waals surface area contributed by atoms with Crippen LogP contribution >= 0.6 is 0 Å². The molecule has 8 rings (SSSR count). The minimum Gasteiger partial charge on any atom is -0.255 e. The van der Waals surface area contributed by atoms with E-state index >= 15 is 0 Å². The minimum atomic E-state index is 0.587. The smallest absolute Gasteiger partial charge is 0.160 e. The number of aromatic nitrogens is 5. The topological polar surface area (TPSA) is 64.5 Å². The molecular weight excluding hydrogens is 587 g/mol. The van der Waals surface area contributed by atoms with Crippen molar-refractivity contribution in [3.8, 4) is 78.8 Å². The van der Waals surface area contributed by atoms with Gasteiger partial charge in [0.15, 0.2) is 5.82 Å². The van der Waals surface area contributed by atoms with Gasteiger partial charge in [-0.2, -0.15) is 0 Å². The number of hydrogen-bond acceptors (Lipinski definition) is 5. The van der Waals surface area contributed by atoms with Crippen molar-refractivity contribution in [2.45, 2.75) is 0 Å². The quantitative estimate of drug-likeness (QED) is 0.178. The normalized spacial score (nSPS) is 10.9. The predicted molar refractivity (Wildman–Crippen MR) is 193 cm³/mol. The van der Waals surface area contributed by atoms with Crippen molar-refractivity contribution in [3.05, 3.63) is 176 Å². The van der Waals surface area contributed by atoms with Crippen molar-refractivity contribution in [2.75, 3.05) is 0 Å².